The molecule has 0 spiro atoms. The number of amides is 1. The molecule has 1 amide bonds. The number of rotatable bonds is 4. The molecule has 1 fully saturated rings. The Hall–Kier alpha value is -3.18. The highest BCUT2D eigenvalue weighted by molar-refractivity contribution is 6.07. The summed E-state index contributed by atoms with van der Waals surface area (Å²) in [5, 5.41) is 0.938. The summed E-state index contributed by atoms with van der Waals surface area (Å²) in [7, 11) is 0. The number of para-hydroxylation sites is 1. The lowest BCUT2D eigenvalue weighted by atomic mass is 10.1. The molecule has 5 nitrogen and oxygen atoms in total. The average Bonchev–Trinajstić information content (AvgIpc) is 2.84. The Morgan fingerprint density at radius 2 is 1.65 bits per heavy atom. The molecule has 5 heteroatoms. The van der Waals surface area contributed by atoms with Gasteiger partial charge in [-0.15, -0.1) is 0 Å². The molecule has 31 heavy (non-hydrogen) atoms. The number of anilines is 1. The monoisotopic (exact) mass is 412 g/mol. The van der Waals surface area contributed by atoms with Gasteiger partial charge in [0, 0.05) is 51.2 Å². The highest BCUT2D eigenvalue weighted by Gasteiger charge is 2.23. The minimum Gasteiger partial charge on any atom is -0.354 e. The number of benzene rings is 2. The van der Waals surface area contributed by atoms with E-state index in [4.69, 9.17) is 4.98 Å². The van der Waals surface area contributed by atoms with E-state index in [9.17, 15) is 4.79 Å². The van der Waals surface area contributed by atoms with Gasteiger partial charge in [0.05, 0.1) is 11.1 Å². The topological polar surface area (TPSA) is 39.7 Å². The van der Waals surface area contributed by atoms with E-state index >= 15 is 0 Å². The summed E-state index contributed by atoms with van der Waals surface area (Å²) in [6.45, 7) is 6.25. The predicted octanol–water partition coefficient (Wildman–Crippen LogP) is 3.96. The van der Waals surface area contributed by atoms with E-state index in [1.54, 1.807) is 0 Å². The summed E-state index contributed by atoms with van der Waals surface area (Å²) in [5.41, 5.74) is 3.01. The first-order chi connectivity index (χ1) is 15.3. The Morgan fingerprint density at radius 3 is 2.42 bits per heavy atom. The van der Waals surface area contributed by atoms with Crippen molar-refractivity contribution in [3.8, 4) is 0 Å². The quantitative estimate of drug-likeness (QED) is 0.608. The molecule has 0 atom stereocenters. The van der Waals surface area contributed by atoms with E-state index in [0.29, 0.717) is 6.54 Å². The van der Waals surface area contributed by atoms with Gasteiger partial charge in [0.15, 0.2) is 0 Å². The van der Waals surface area contributed by atoms with Gasteiger partial charge < -0.3 is 9.80 Å². The molecule has 0 N–H and O–H groups in total. The Balaban J connectivity index is 1.37. The molecular formula is C26H28N4O. The molecule has 5 rings (SSSR count). The van der Waals surface area contributed by atoms with Crippen LogP contribution in [0.2, 0.25) is 0 Å². The molecule has 2 aliphatic rings. The molecule has 1 saturated heterocycles. The molecule has 3 aromatic rings. The van der Waals surface area contributed by atoms with Crippen LogP contribution in [0.4, 0.5) is 5.82 Å². The molecule has 0 radical (unpaired) electrons. The number of nitrogens with zero attached hydrogens (tertiary/aromatic N) is 4. The van der Waals surface area contributed by atoms with Crippen molar-refractivity contribution in [3.05, 3.63) is 83.9 Å². The number of pyridine rings is 1. The number of piperazine rings is 1. The van der Waals surface area contributed by atoms with Gasteiger partial charge in [-0.2, -0.15) is 0 Å². The maximum Gasteiger partial charge on any atom is 0.254 e. The van der Waals surface area contributed by atoms with Crippen molar-refractivity contribution in [1.82, 2.24) is 14.8 Å². The molecule has 2 aromatic carbocycles. The Bertz CT molecular complexity index is 1090. The smallest absolute Gasteiger partial charge is 0.254 e. The van der Waals surface area contributed by atoms with Crippen molar-refractivity contribution in [3.63, 3.8) is 0 Å². The third-order valence-electron chi connectivity index (χ3n) is 6.22. The summed E-state index contributed by atoms with van der Waals surface area (Å²) in [6, 6.07) is 20.6. The number of carbonyl (C=O) groups is 1. The minimum absolute atomic E-state index is 0.104. The van der Waals surface area contributed by atoms with Gasteiger partial charge in [-0.05, 0) is 24.1 Å². The van der Waals surface area contributed by atoms with Gasteiger partial charge in [0.2, 0.25) is 0 Å². The highest BCUT2D eigenvalue weighted by atomic mass is 16.2. The van der Waals surface area contributed by atoms with Gasteiger partial charge >= 0.3 is 0 Å². The van der Waals surface area contributed by atoms with Crippen molar-refractivity contribution >= 4 is 22.6 Å². The lowest BCUT2D eigenvalue weighted by molar-refractivity contribution is 0.0773. The summed E-state index contributed by atoms with van der Waals surface area (Å²) in [6.07, 6.45) is 5.15. The van der Waals surface area contributed by atoms with Gasteiger partial charge in [-0.25, -0.2) is 4.98 Å². The zero-order valence-electron chi connectivity index (χ0n) is 17.8. The van der Waals surface area contributed by atoms with Crippen molar-refractivity contribution < 1.29 is 4.79 Å². The van der Waals surface area contributed by atoms with Crippen molar-refractivity contribution in [2.24, 2.45) is 0 Å². The fourth-order valence-corrected chi connectivity index (χ4v) is 4.47. The van der Waals surface area contributed by atoms with Crippen LogP contribution in [0.5, 0.6) is 0 Å². The third-order valence-corrected chi connectivity index (χ3v) is 6.22. The molecule has 0 aliphatic carbocycles. The Kier molecular flexibility index (Phi) is 5.67. The fraction of sp³-hybridized carbons (Fsp3) is 0.308. The first-order valence-electron chi connectivity index (χ1n) is 11.1. The SMILES string of the molecule is O=C(c1cc(N2CCN(Cc3ccccc3)CC2)nc2ccccc12)N1CC=CCC1. The van der Waals surface area contributed by atoms with Crippen molar-refractivity contribution in [2.45, 2.75) is 13.0 Å². The van der Waals surface area contributed by atoms with E-state index < -0.39 is 0 Å². The van der Waals surface area contributed by atoms with Crippen LogP contribution in [0.25, 0.3) is 10.9 Å². The second-order valence-electron chi connectivity index (χ2n) is 8.31. The maximum absolute atomic E-state index is 13.3. The fourth-order valence-electron chi connectivity index (χ4n) is 4.47. The highest BCUT2D eigenvalue weighted by Crippen LogP contribution is 2.26. The van der Waals surface area contributed by atoms with Gasteiger partial charge in [-0.3, -0.25) is 9.69 Å². The van der Waals surface area contributed by atoms with Crippen molar-refractivity contribution in [2.75, 3.05) is 44.2 Å². The van der Waals surface area contributed by atoms with Crippen LogP contribution in [0.3, 0.4) is 0 Å². The number of aromatic nitrogens is 1. The molecule has 1 aromatic heterocycles. The lowest BCUT2D eigenvalue weighted by Crippen LogP contribution is -2.46. The molecule has 0 unspecified atom stereocenters. The van der Waals surface area contributed by atoms with Crippen LogP contribution in [0, 0.1) is 0 Å². The first-order valence-corrected chi connectivity index (χ1v) is 11.1. The third kappa shape index (κ3) is 4.32. The van der Waals surface area contributed by atoms with E-state index in [-0.39, 0.29) is 5.91 Å². The second-order valence-corrected chi connectivity index (χ2v) is 8.31. The first kappa shape index (κ1) is 19.8. The number of hydrogen-bond acceptors (Lipinski definition) is 4. The predicted molar refractivity (Wildman–Crippen MR) is 125 cm³/mol. The molecule has 2 aliphatic heterocycles. The van der Waals surface area contributed by atoms with Crippen LogP contribution in [0.1, 0.15) is 22.3 Å². The van der Waals surface area contributed by atoms with Crippen LogP contribution in [-0.4, -0.2) is 60.0 Å². The Morgan fingerprint density at radius 1 is 0.871 bits per heavy atom. The van der Waals surface area contributed by atoms with E-state index in [0.717, 1.165) is 68.0 Å². The lowest BCUT2D eigenvalue weighted by Gasteiger charge is -2.35. The zero-order valence-corrected chi connectivity index (χ0v) is 17.8. The van der Waals surface area contributed by atoms with E-state index in [1.807, 2.05) is 35.2 Å². The normalized spacial score (nSPS) is 17.3. The zero-order chi connectivity index (χ0) is 21.0. The Labute approximate surface area is 183 Å². The standard InChI is InChI=1S/C26H28N4O/c31-26(30-13-7-2-8-14-30)23-19-25(27-24-12-6-5-11-22(23)24)29-17-15-28(16-18-29)20-21-9-3-1-4-10-21/h1-7,9-12,19H,8,13-18,20H2. The molecule has 158 valence electrons. The summed E-state index contributed by atoms with van der Waals surface area (Å²) in [5.74, 6) is 1.01. The minimum atomic E-state index is 0.104. The molecular weight excluding hydrogens is 384 g/mol. The van der Waals surface area contributed by atoms with Gasteiger partial charge in [0.1, 0.15) is 5.82 Å². The number of fused-ring (bicyclic) bond motifs is 1. The number of carbonyl (C=O) groups excluding carboxylic acids is 1. The van der Waals surface area contributed by atoms with Crippen molar-refractivity contribution in [1.29, 1.82) is 0 Å². The summed E-state index contributed by atoms with van der Waals surface area (Å²) < 4.78 is 0. The summed E-state index contributed by atoms with van der Waals surface area (Å²) in [4.78, 5) is 25.0. The maximum atomic E-state index is 13.3. The summed E-state index contributed by atoms with van der Waals surface area (Å²) >= 11 is 0. The van der Waals surface area contributed by atoms with Gasteiger partial charge in [0.25, 0.3) is 5.91 Å². The van der Waals surface area contributed by atoms with E-state index in [1.165, 1.54) is 5.56 Å². The largest absolute Gasteiger partial charge is 0.354 e. The molecule has 0 saturated carbocycles. The number of hydrogen-bond donors (Lipinski definition) is 0. The van der Waals surface area contributed by atoms with Gasteiger partial charge in [-0.1, -0.05) is 60.7 Å². The van der Waals surface area contributed by atoms with Crippen LogP contribution in [-0.2, 0) is 6.54 Å². The van der Waals surface area contributed by atoms with Crippen LogP contribution < -0.4 is 4.90 Å². The molecule has 0 bridgehead atoms. The molecule has 3 heterocycles. The average molecular weight is 413 g/mol. The van der Waals surface area contributed by atoms with E-state index in [2.05, 4.69) is 52.3 Å². The van der Waals surface area contributed by atoms with Crippen LogP contribution >= 0.6 is 0 Å². The second kappa shape index (κ2) is 8.90. The van der Waals surface area contributed by atoms with Crippen LogP contribution in [0.15, 0.2) is 72.8 Å².